The molecule has 1 saturated heterocycles. The van der Waals surface area contributed by atoms with E-state index >= 15 is 0 Å². The number of benzene rings is 2. The van der Waals surface area contributed by atoms with Gasteiger partial charge in [-0.3, -0.25) is 9.59 Å². The lowest BCUT2D eigenvalue weighted by Crippen LogP contribution is -2.53. The molecule has 1 fully saturated rings. The van der Waals surface area contributed by atoms with Crippen LogP contribution in [0.2, 0.25) is 0 Å². The first-order chi connectivity index (χ1) is 13.6. The van der Waals surface area contributed by atoms with Crippen molar-refractivity contribution in [3.8, 4) is 11.5 Å². The van der Waals surface area contributed by atoms with Gasteiger partial charge >= 0.3 is 0 Å². The summed E-state index contributed by atoms with van der Waals surface area (Å²) in [6, 6.07) is 12.6. The summed E-state index contributed by atoms with van der Waals surface area (Å²) in [5.41, 5.74) is 2.02. The highest BCUT2D eigenvalue weighted by Gasteiger charge is 2.44. The van der Waals surface area contributed by atoms with Crippen LogP contribution in [0.5, 0.6) is 11.5 Å². The second-order valence-electron chi connectivity index (χ2n) is 7.18. The number of rotatable bonds is 4. The number of nitrogens with one attached hydrogen (secondary N) is 1. The van der Waals surface area contributed by atoms with Crippen molar-refractivity contribution in [2.45, 2.75) is 31.2 Å². The van der Waals surface area contributed by atoms with Crippen molar-refractivity contribution in [1.29, 1.82) is 0 Å². The van der Waals surface area contributed by atoms with Crippen molar-refractivity contribution in [3.63, 3.8) is 0 Å². The third-order valence-corrected chi connectivity index (χ3v) is 5.67. The van der Waals surface area contributed by atoms with Crippen LogP contribution >= 0.6 is 0 Å². The number of carbonyl (C=O) groups excluding carboxylic acids is 2. The quantitative estimate of drug-likeness (QED) is 0.882. The number of piperidine rings is 1. The van der Waals surface area contributed by atoms with Crippen LogP contribution in [-0.4, -0.2) is 43.5 Å². The van der Waals surface area contributed by atoms with E-state index < -0.39 is 5.92 Å². The van der Waals surface area contributed by atoms with Crippen LogP contribution in [0.25, 0.3) is 0 Å². The van der Waals surface area contributed by atoms with Gasteiger partial charge in [-0.1, -0.05) is 18.2 Å². The number of nitrogens with zero attached hydrogens (tertiary/aromatic N) is 1. The molecule has 2 amide bonds. The summed E-state index contributed by atoms with van der Waals surface area (Å²) >= 11 is 0. The molecule has 28 heavy (non-hydrogen) atoms. The highest BCUT2D eigenvalue weighted by Crippen LogP contribution is 2.39. The number of hydrogen-bond acceptors (Lipinski definition) is 4. The van der Waals surface area contributed by atoms with E-state index in [-0.39, 0.29) is 17.9 Å². The average molecular weight is 380 g/mol. The fraction of sp³-hybridized carbons (Fsp3) is 0.364. The predicted octanol–water partition coefficient (Wildman–Crippen LogP) is 3.43. The van der Waals surface area contributed by atoms with Crippen LogP contribution in [0.15, 0.2) is 42.5 Å². The molecule has 2 aromatic rings. The number of amides is 2. The molecule has 2 unspecified atom stereocenters. The number of fused-ring (bicyclic) bond motifs is 2. The number of ether oxygens (including phenoxy) is 2. The standard InChI is InChI=1S/C22H24N2O4/c1-27-14-10-11-17(19(13-14)28-2)23-21(25)20-15-7-3-4-8-16(15)22(26)24-12-6-5-9-18(20)24/h3-4,7-8,10-11,13,18,20H,5-6,9,12H2,1-2H3,(H,23,25). The Morgan fingerprint density at radius 2 is 1.93 bits per heavy atom. The third-order valence-electron chi connectivity index (χ3n) is 5.67. The monoisotopic (exact) mass is 380 g/mol. The molecule has 2 aliphatic heterocycles. The maximum absolute atomic E-state index is 13.4. The van der Waals surface area contributed by atoms with Crippen LogP contribution in [0, 0.1) is 0 Å². The average Bonchev–Trinajstić information content (AvgIpc) is 2.74. The van der Waals surface area contributed by atoms with Crippen LogP contribution in [0.4, 0.5) is 5.69 Å². The maximum Gasteiger partial charge on any atom is 0.254 e. The molecule has 0 spiro atoms. The first-order valence-corrected chi connectivity index (χ1v) is 9.57. The number of methoxy groups -OCH3 is 2. The largest absolute Gasteiger partial charge is 0.497 e. The molecular weight excluding hydrogens is 356 g/mol. The lowest BCUT2D eigenvalue weighted by Gasteiger charge is -2.44. The molecule has 2 aliphatic rings. The summed E-state index contributed by atoms with van der Waals surface area (Å²) in [4.78, 5) is 28.2. The van der Waals surface area contributed by atoms with E-state index in [1.54, 1.807) is 32.4 Å². The van der Waals surface area contributed by atoms with Crippen molar-refractivity contribution in [3.05, 3.63) is 53.6 Å². The van der Waals surface area contributed by atoms with Gasteiger partial charge in [0.25, 0.3) is 5.91 Å². The zero-order valence-corrected chi connectivity index (χ0v) is 16.1. The van der Waals surface area contributed by atoms with Gasteiger partial charge in [0.2, 0.25) is 5.91 Å². The van der Waals surface area contributed by atoms with Crippen LogP contribution < -0.4 is 14.8 Å². The highest BCUT2D eigenvalue weighted by atomic mass is 16.5. The molecular formula is C22H24N2O4. The second kappa shape index (κ2) is 7.54. The number of hydrogen-bond donors (Lipinski definition) is 1. The molecule has 1 N–H and O–H groups in total. The van der Waals surface area contributed by atoms with Gasteiger partial charge in [-0.2, -0.15) is 0 Å². The molecule has 146 valence electrons. The van der Waals surface area contributed by atoms with Crippen molar-refractivity contribution in [2.75, 3.05) is 26.1 Å². The van der Waals surface area contributed by atoms with Gasteiger partial charge in [0.05, 0.1) is 25.8 Å². The maximum atomic E-state index is 13.4. The molecule has 0 saturated carbocycles. The first-order valence-electron chi connectivity index (χ1n) is 9.57. The second-order valence-corrected chi connectivity index (χ2v) is 7.18. The van der Waals surface area contributed by atoms with Crippen molar-refractivity contribution in [1.82, 2.24) is 4.90 Å². The van der Waals surface area contributed by atoms with E-state index in [9.17, 15) is 9.59 Å². The SMILES string of the molecule is COc1ccc(NC(=O)C2c3ccccc3C(=O)N3CCCCC23)c(OC)c1. The minimum Gasteiger partial charge on any atom is -0.497 e. The fourth-order valence-electron chi connectivity index (χ4n) is 4.31. The Bertz CT molecular complexity index is 911. The lowest BCUT2D eigenvalue weighted by molar-refractivity contribution is -0.119. The molecule has 2 aromatic carbocycles. The molecule has 0 bridgehead atoms. The van der Waals surface area contributed by atoms with Gasteiger partial charge in [-0.05, 0) is 43.0 Å². The lowest BCUT2D eigenvalue weighted by atomic mass is 9.78. The number of carbonyl (C=O) groups is 2. The van der Waals surface area contributed by atoms with E-state index in [0.717, 1.165) is 24.8 Å². The Balaban J connectivity index is 1.69. The highest BCUT2D eigenvalue weighted by molar-refractivity contribution is 6.04. The zero-order valence-electron chi connectivity index (χ0n) is 16.1. The summed E-state index contributed by atoms with van der Waals surface area (Å²) in [6.45, 7) is 0.702. The van der Waals surface area contributed by atoms with Crippen LogP contribution in [0.1, 0.15) is 41.1 Å². The van der Waals surface area contributed by atoms with Crippen molar-refractivity contribution >= 4 is 17.5 Å². The normalized spacial score (nSPS) is 20.8. The number of anilines is 1. The molecule has 0 aliphatic carbocycles. The van der Waals surface area contributed by atoms with Gasteiger partial charge in [0, 0.05) is 24.2 Å². The van der Waals surface area contributed by atoms with Crippen LogP contribution in [-0.2, 0) is 4.79 Å². The van der Waals surface area contributed by atoms with E-state index in [1.807, 2.05) is 29.2 Å². The van der Waals surface area contributed by atoms with E-state index in [4.69, 9.17) is 9.47 Å². The van der Waals surface area contributed by atoms with Gasteiger partial charge in [-0.25, -0.2) is 0 Å². The molecule has 2 atom stereocenters. The molecule has 0 radical (unpaired) electrons. The van der Waals surface area contributed by atoms with E-state index in [0.29, 0.717) is 29.3 Å². The molecule has 6 heteroatoms. The predicted molar refractivity (Wildman–Crippen MR) is 106 cm³/mol. The Hall–Kier alpha value is -3.02. The van der Waals surface area contributed by atoms with Gasteiger partial charge in [-0.15, -0.1) is 0 Å². The third kappa shape index (κ3) is 3.09. The summed E-state index contributed by atoms with van der Waals surface area (Å²) in [5, 5.41) is 3.01. The van der Waals surface area contributed by atoms with Crippen molar-refractivity contribution in [2.24, 2.45) is 0 Å². The molecule has 4 rings (SSSR count). The summed E-state index contributed by atoms with van der Waals surface area (Å²) in [6.07, 6.45) is 2.83. The van der Waals surface area contributed by atoms with Gasteiger partial charge in [0.15, 0.2) is 0 Å². The van der Waals surface area contributed by atoms with Crippen molar-refractivity contribution < 1.29 is 19.1 Å². The molecule has 2 heterocycles. The smallest absolute Gasteiger partial charge is 0.254 e. The topological polar surface area (TPSA) is 67.9 Å². The minimum atomic E-state index is -0.402. The van der Waals surface area contributed by atoms with Gasteiger partial charge < -0.3 is 19.7 Å². The Labute approximate surface area is 164 Å². The van der Waals surface area contributed by atoms with Crippen LogP contribution in [0.3, 0.4) is 0 Å². The first kappa shape index (κ1) is 18.3. The van der Waals surface area contributed by atoms with E-state index in [1.165, 1.54) is 0 Å². The zero-order chi connectivity index (χ0) is 19.7. The molecule has 0 aromatic heterocycles. The Morgan fingerprint density at radius 1 is 1.11 bits per heavy atom. The summed E-state index contributed by atoms with van der Waals surface area (Å²) in [7, 11) is 3.14. The van der Waals surface area contributed by atoms with Gasteiger partial charge in [0.1, 0.15) is 11.5 Å². The van der Waals surface area contributed by atoms with E-state index in [2.05, 4.69) is 5.32 Å². The minimum absolute atomic E-state index is 0.0337. The summed E-state index contributed by atoms with van der Waals surface area (Å²) < 4.78 is 10.6. The Kier molecular flexibility index (Phi) is 4.94. The Morgan fingerprint density at radius 3 is 2.71 bits per heavy atom. The fourth-order valence-corrected chi connectivity index (χ4v) is 4.31. The summed E-state index contributed by atoms with van der Waals surface area (Å²) in [5.74, 6) is 0.697. The molecule has 6 nitrogen and oxygen atoms in total.